The smallest absolute Gasteiger partial charge is 0.0435 e. The van der Waals surface area contributed by atoms with Gasteiger partial charge in [0.25, 0.3) is 0 Å². The summed E-state index contributed by atoms with van der Waals surface area (Å²) in [5, 5.41) is 2.72. The molecule has 0 heterocycles. The molecule has 0 heteroatoms. The third-order valence-electron chi connectivity index (χ3n) is 15.9. The highest BCUT2D eigenvalue weighted by atomic mass is 14.4. The van der Waals surface area contributed by atoms with E-state index in [4.69, 9.17) is 0 Å². The molecule has 400 valence electrons. The van der Waals surface area contributed by atoms with Crippen LogP contribution in [0.25, 0.3) is 49.7 Å². The van der Waals surface area contributed by atoms with Gasteiger partial charge in [-0.3, -0.25) is 0 Å². The summed E-state index contributed by atoms with van der Waals surface area (Å²) in [5.74, 6) is 0. The van der Waals surface area contributed by atoms with Gasteiger partial charge >= 0.3 is 0 Å². The highest BCUT2D eigenvalue weighted by Gasteiger charge is 2.41. The Balaban J connectivity index is 0.000000160. The largest absolute Gasteiger partial charge is 0.0990 e. The normalized spacial score (nSPS) is 14.7. The lowest BCUT2D eigenvalue weighted by molar-refractivity contribution is 0.590. The van der Waals surface area contributed by atoms with Crippen LogP contribution >= 0.6 is 0 Å². The van der Waals surface area contributed by atoms with Crippen LogP contribution < -0.4 is 0 Å². The van der Waals surface area contributed by atoms with Gasteiger partial charge in [0.1, 0.15) is 0 Å². The number of allylic oxidation sites excluding steroid dienone is 13. The van der Waals surface area contributed by atoms with Crippen molar-refractivity contribution in [3.63, 3.8) is 0 Å². The van der Waals surface area contributed by atoms with E-state index in [0.29, 0.717) is 0 Å². The SMILES string of the molecule is C=C/C(C)=C(\C=C/C)c1cccc(C)c1C.C=C/C=C(\C=C)c1ccc(C)c(-c2cc(C3=CCCC=C3)ccc2C)c1.Cc1ccc(C(C)(C)C)cc1.Cc1ccc2c(c1)C(C)(c1ccccc1)c1cc(C)c3ccccc3c1-2. The minimum absolute atomic E-state index is 0.118. The predicted molar refractivity (Wildman–Crippen MR) is 350 cm³/mol. The molecule has 0 spiro atoms. The van der Waals surface area contributed by atoms with Crippen LogP contribution in [0.5, 0.6) is 0 Å². The quantitative estimate of drug-likeness (QED) is 0.126. The zero-order chi connectivity index (χ0) is 57.0. The second-order valence-corrected chi connectivity index (χ2v) is 22.6. The molecule has 2 aliphatic rings. The highest BCUT2D eigenvalue weighted by Crippen LogP contribution is 2.55. The molecule has 0 amide bonds. The highest BCUT2D eigenvalue weighted by molar-refractivity contribution is 6.04. The van der Waals surface area contributed by atoms with E-state index in [0.717, 1.165) is 18.4 Å². The molecule has 0 fully saturated rings. The van der Waals surface area contributed by atoms with Crippen LogP contribution in [0.1, 0.15) is 132 Å². The molecule has 0 aliphatic heterocycles. The Hall–Kier alpha value is -8.06. The Bertz CT molecular complexity index is 3660. The van der Waals surface area contributed by atoms with Crippen molar-refractivity contribution in [3.05, 3.63) is 316 Å². The molecule has 79 heavy (non-hydrogen) atoms. The Morgan fingerprint density at radius 2 is 1.23 bits per heavy atom. The summed E-state index contributed by atoms with van der Waals surface area (Å²) < 4.78 is 0. The number of aryl methyl sites for hydroxylation is 6. The molecule has 1 unspecified atom stereocenters. The molecule has 0 bridgehead atoms. The summed E-state index contributed by atoms with van der Waals surface area (Å²) in [6, 6.07) is 57.7. The summed E-state index contributed by atoms with van der Waals surface area (Å²) in [4.78, 5) is 0. The topological polar surface area (TPSA) is 0 Å². The lowest BCUT2D eigenvalue weighted by Crippen LogP contribution is -2.22. The van der Waals surface area contributed by atoms with Crippen LogP contribution in [0.3, 0.4) is 0 Å². The van der Waals surface area contributed by atoms with E-state index in [1.165, 1.54) is 128 Å². The van der Waals surface area contributed by atoms with E-state index in [9.17, 15) is 0 Å². The molecular weight excluding hydrogens is 949 g/mol. The van der Waals surface area contributed by atoms with Crippen LogP contribution in [-0.4, -0.2) is 0 Å². The first-order valence-electron chi connectivity index (χ1n) is 28.2. The first kappa shape index (κ1) is 58.6. The Morgan fingerprint density at radius 1 is 0.570 bits per heavy atom. The van der Waals surface area contributed by atoms with Crippen LogP contribution in [-0.2, 0) is 10.8 Å². The zero-order valence-electron chi connectivity index (χ0n) is 49.7. The Morgan fingerprint density at radius 3 is 1.86 bits per heavy atom. The predicted octanol–water partition coefficient (Wildman–Crippen LogP) is 22.4. The van der Waals surface area contributed by atoms with Crippen molar-refractivity contribution in [1.29, 1.82) is 0 Å². The summed E-state index contributed by atoms with van der Waals surface area (Å²) >= 11 is 0. The summed E-state index contributed by atoms with van der Waals surface area (Å²) in [6.07, 6.45) is 20.9. The molecule has 10 rings (SSSR count). The maximum Gasteiger partial charge on any atom is 0.0435 e. The summed E-state index contributed by atoms with van der Waals surface area (Å²) in [5.41, 5.74) is 29.1. The number of benzene rings is 8. The number of hydrogen-bond donors (Lipinski definition) is 0. The van der Waals surface area contributed by atoms with Crippen molar-refractivity contribution in [2.24, 2.45) is 0 Å². The van der Waals surface area contributed by atoms with Crippen molar-refractivity contribution in [2.75, 3.05) is 0 Å². The Kier molecular flexibility index (Phi) is 19.3. The van der Waals surface area contributed by atoms with Gasteiger partial charge in [-0.05, 0) is 222 Å². The van der Waals surface area contributed by atoms with Crippen molar-refractivity contribution in [2.45, 2.75) is 114 Å². The van der Waals surface area contributed by atoms with Crippen LogP contribution in [0, 0.1) is 48.5 Å². The monoisotopic (exact) mass is 1030 g/mol. The molecule has 0 nitrogen and oxygen atoms in total. The third-order valence-corrected chi connectivity index (χ3v) is 15.9. The minimum atomic E-state index is -0.118. The van der Waals surface area contributed by atoms with Gasteiger partial charge < -0.3 is 0 Å². The number of rotatable bonds is 9. The van der Waals surface area contributed by atoms with Crippen molar-refractivity contribution in [1.82, 2.24) is 0 Å². The lowest BCUT2D eigenvalue weighted by Gasteiger charge is -2.29. The van der Waals surface area contributed by atoms with Crippen molar-refractivity contribution < 1.29 is 0 Å². The van der Waals surface area contributed by atoms with Gasteiger partial charge in [-0.25, -0.2) is 0 Å². The van der Waals surface area contributed by atoms with Crippen LogP contribution in [0.15, 0.2) is 238 Å². The Labute approximate surface area is 476 Å². The number of fused-ring (bicyclic) bond motifs is 5. The van der Waals surface area contributed by atoms with E-state index < -0.39 is 0 Å². The second kappa shape index (κ2) is 26.1. The molecular formula is C79H84. The summed E-state index contributed by atoms with van der Waals surface area (Å²) in [6.45, 7) is 40.1. The lowest BCUT2D eigenvalue weighted by atomic mass is 9.73. The molecule has 2 aliphatic carbocycles. The first-order valence-corrected chi connectivity index (χ1v) is 28.2. The molecule has 0 aromatic heterocycles. The number of hydrogen-bond acceptors (Lipinski definition) is 0. The van der Waals surface area contributed by atoms with Gasteiger partial charge in [0.15, 0.2) is 0 Å². The average Bonchev–Trinajstić information content (AvgIpc) is 3.99. The van der Waals surface area contributed by atoms with Gasteiger partial charge in [-0.2, -0.15) is 0 Å². The molecule has 8 aromatic carbocycles. The molecule has 8 aromatic rings. The average molecular weight is 1030 g/mol. The van der Waals surface area contributed by atoms with E-state index >= 15 is 0 Å². The molecule has 1 atom stereocenters. The fourth-order valence-corrected chi connectivity index (χ4v) is 11.0. The van der Waals surface area contributed by atoms with Crippen molar-refractivity contribution in [3.8, 4) is 22.3 Å². The van der Waals surface area contributed by atoms with E-state index in [1.54, 1.807) is 0 Å². The summed E-state index contributed by atoms with van der Waals surface area (Å²) in [7, 11) is 0. The molecule has 0 saturated heterocycles. The zero-order valence-corrected chi connectivity index (χ0v) is 49.7. The fourth-order valence-electron chi connectivity index (χ4n) is 11.0. The third kappa shape index (κ3) is 13.3. The van der Waals surface area contributed by atoms with Gasteiger partial charge in [0.05, 0.1) is 0 Å². The maximum atomic E-state index is 3.94. The maximum absolute atomic E-state index is 3.94. The van der Waals surface area contributed by atoms with Gasteiger partial charge in [0.2, 0.25) is 0 Å². The van der Waals surface area contributed by atoms with E-state index in [1.807, 2.05) is 31.2 Å². The second-order valence-electron chi connectivity index (χ2n) is 22.6. The van der Waals surface area contributed by atoms with Gasteiger partial charge in [0, 0.05) is 5.41 Å². The fraction of sp³-hybridized carbons (Fsp3) is 0.215. The van der Waals surface area contributed by atoms with E-state index in [-0.39, 0.29) is 10.8 Å². The van der Waals surface area contributed by atoms with Gasteiger partial charge in [-0.15, -0.1) is 0 Å². The molecule has 0 radical (unpaired) electrons. The first-order chi connectivity index (χ1) is 37.8. The molecule has 0 N–H and O–H groups in total. The van der Waals surface area contributed by atoms with Crippen molar-refractivity contribution >= 4 is 27.5 Å². The minimum Gasteiger partial charge on any atom is -0.0990 e. The van der Waals surface area contributed by atoms with Gasteiger partial charge in [-0.1, -0.05) is 252 Å². The van der Waals surface area contributed by atoms with Crippen LogP contribution in [0.2, 0.25) is 0 Å². The van der Waals surface area contributed by atoms with Crippen LogP contribution in [0.4, 0.5) is 0 Å². The van der Waals surface area contributed by atoms with E-state index in [2.05, 4.69) is 291 Å². The standard InChI is InChI=1S/C26H22.C26H26.C16H20.C11H16/c1-17-13-14-22-23(15-17)26(3,19-9-5-4-6-10-19)24-16-18(2)20-11-7-8-12-21(20)25(22)24;1-5-10-21(6-2)23-15-13-19(3)25(17-23)26-18-24(16-14-20(26)4)22-11-8-7-9-12-22;1-6-9-15(12(3)7-2)16-11-8-10-13(4)14(16)5;1-9-5-7-10(8-6-9)11(2,3)4/h4-16H,1-3H3;5-6,8,10-18H,1-2,7,9H2,3-4H3;6-11H,2H2,1,3-5H3;5-8H,1-4H3/b;21-10+;9-6-,15-12+;. The molecule has 0 saturated carbocycles.